The second-order valence-electron chi connectivity index (χ2n) is 2.36. The molecule has 0 aliphatic carbocycles. The van der Waals surface area contributed by atoms with E-state index < -0.39 is 5.92 Å². The number of Topliss-reactive ketones (excluding diaryl/α,β-unsaturated/α-hetero) is 1. The first-order chi connectivity index (χ1) is 5.13. The highest BCUT2D eigenvalue weighted by molar-refractivity contribution is 5.96. The number of rotatable bonds is 5. The highest BCUT2D eigenvalue weighted by Crippen LogP contribution is 2.08. The molecule has 0 N–H and O–H groups in total. The number of ketones is 1. The minimum absolute atomic E-state index is 0.192. The van der Waals surface area contributed by atoms with E-state index in [1.54, 1.807) is 13.2 Å². The van der Waals surface area contributed by atoms with Crippen molar-refractivity contribution in [2.24, 2.45) is 5.92 Å². The second-order valence-corrected chi connectivity index (χ2v) is 2.36. The average Bonchev–Trinajstić information content (AvgIpc) is 1.88. The summed E-state index contributed by atoms with van der Waals surface area (Å²) in [6.45, 7) is 8.54. The van der Waals surface area contributed by atoms with Crippen LogP contribution in [0.25, 0.3) is 0 Å². The van der Waals surface area contributed by atoms with Crippen LogP contribution in [0.5, 0.6) is 0 Å². The zero-order valence-electron chi connectivity index (χ0n) is 6.59. The lowest BCUT2D eigenvalue weighted by molar-refractivity contribution is -0.119. The monoisotopic (exact) mass is 151 g/mol. The maximum atomic E-state index is 11.0. The van der Waals surface area contributed by atoms with Crippen LogP contribution in [0, 0.1) is 5.92 Å². The smallest absolute Gasteiger partial charge is 0.213 e. The molecule has 59 valence electrons. The largest absolute Gasteiger partial charge is 0.298 e. The highest BCUT2D eigenvalue weighted by Gasteiger charge is 2.16. The number of allylic oxidation sites excluding steroid dienone is 2. The molecule has 0 aromatic heterocycles. The lowest BCUT2D eigenvalue weighted by Crippen LogP contribution is -2.15. The Morgan fingerprint density at radius 1 is 1.73 bits per heavy atom. The first-order valence-corrected chi connectivity index (χ1v) is 3.30. The van der Waals surface area contributed by atoms with Gasteiger partial charge in [0.2, 0.25) is 6.29 Å². The van der Waals surface area contributed by atoms with Crippen molar-refractivity contribution in [3.05, 3.63) is 24.8 Å². The molecule has 0 aliphatic rings. The van der Waals surface area contributed by atoms with E-state index in [0.29, 0.717) is 5.57 Å². The Bertz CT molecular complexity index is 192. The van der Waals surface area contributed by atoms with E-state index in [-0.39, 0.29) is 12.2 Å². The van der Waals surface area contributed by atoms with Gasteiger partial charge < -0.3 is 0 Å². The standard InChI is InChI=1S/C9H11O2/c1-4-5-9(11)8(6-10)7(2)3/h4,8H,1-2,5H2,3H3. The molecule has 0 bridgehead atoms. The third-order valence-electron chi connectivity index (χ3n) is 1.28. The normalized spacial score (nSPS) is 11.7. The molecule has 0 saturated heterocycles. The molecule has 1 radical (unpaired) electrons. The van der Waals surface area contributed by atoms with Gasteiger partial charge in [0, 0.05) is 6.42 Å². The molecule has 2 heteroatoms. The Labute approximate surface area is 66.6 Å². The Morgan fingerprint density at radius 2 is 2.27 bits per heavy atom. The van der Waals surface area contributed by atoms with Gasteiger partial charge in [-0.1, -0.05) is 18.2 Å². The molecule has 0 amide bonds. The Kier molecular flexibility index (Phi) is 4.11. The van der Waals surface area contributed by atoms with Gasteiger partial charge in [0.25, 0.3) is 0 Å². The third kappa shape index (κ3) is 2.94. The Balaban J connectivity index is 4.25. The molecule has 1 atom stereocenters. The average molecular weight is 151 g/mol. The fourth-order valence-corrected chi connectivity index (χ4v) is 0.701. The van der Waals surface area contributed by atoms with E-state index >= 15 is 0 Å². The second kappa shape index (κ2) is 4.61. The molecule has 2 nitrogen and oxygen atoms in total. The molecular formula is C9H11O2. The third-order valence-corrected chi connectivity index (χ3v) is 1.28. The summed E-state index contributed by atoms with van der Waals surface area (Å²) in [5, 5.41) is 0. The summed E-state index contributed by atoms with van der Waals surface area (Å²) in [5.41, 5.74) is 0.534. The maximum Gasteiger partial charge on any atom is 0.213 e. The van der Waals surface area contributed by atoms with Crippen LogP contribution >= 0.6 is 0 Å². The molecule has 11 heavy (non-hydrogen) atoms. The number of hydrogen-bond acceptors (Lipinski definition) is 2. The van der Waals surface area contributed by atoms with Gasteiger partial charge in [-0.05, 0) is 6.92 Å². The van der Waals surface area contributed by atoms with Gasteiger partial charge in [-0.25, -0.2) is 0 Å². The van der Waals surface area contributed by atoms with Gasteiger partial charge in [0.1, 0.15) is 5.92 Å². The zero-order valence-corrected chi connectivity index (χ0v) is 6.59. The van der Waals surface area contributed by atoms with Crippen molar-refractivity contribution in [3.63, 3.8) is 0 Å². The van der Waals surface area contributed by atoms with E-state index in [1.807, 2.05) is 0 Å². The molecule has 0 aromatic rings. The minimum Gasteiger partial charge on any atom is -0.298 e. The Hall–Kier alpha value is -1.18. The summed E-state index contributed by atoms with van der Waals surface area (Å²) in [6, 6.07) is 0. The first-order valence-electron chi connectivity index (χ1n) is 3.30. The SMILES string of the molecule is C=CCC(=O)C([C]=O)C(=C)C. The zero-order chi connectivity index (χ0) is 8.85. The van der Waals surface area contributed by atoms with Crippen molar-refractivity contribution in [3.8, 4) is 0 Å². The fourth-order valence-electron chi connectivity index (χ4n) is 0.701. The van der Waals surface area contributed by atoms with E-state index in [2.05, 4.69) is 13.2 Å². The van der Waals surface area contributed by atoms with Crippen LogP contribution in [0.15, 0.2) is 24.8 Å². The van der Waals surface area contributed by atoms with Crippen molar-refractivity contribution < 1.29 is 9.59 Å². The van der Waals surface area contributed by atoms with Crippen molar-refractivity contribution in [1.29, 1.82) is 0 Å². The van der Waals surface area contributed by atoms with E-state index in [0.717, 1.165) is 0 Å². The molecule has 1 unspecified atom stereocenters. The summed E-state index contributed by atoms with van der Waals surface area (Å²) >= 11 is 0. The first kappa shape index (κ1) is 9.82. The van der Waals surface area contributed by atoms with Crippen LogP contribution in [0.4, 0.5) is 0 Å². The van der Waals surface area contributed by atoms with Gasteiger partial charge in [-0.3, -0.25) is 9.59 Å². The number of hydrogen-bond donors (Lipinski definition) is 0. The van der Waals surface area contributed by atoms with Crippen LogP contribution in [0.1, 0.15) is 13.3 Å². The predicted octanol–water partition coefficient (Wildman–Crippen LogP) is 1.43. The van der Waals surface area contributed by atoms with Gasteiger partial charge in [-0.2, -0.15) is 0 Å². The summed E-state index contributed by atoms with van der Waals surface area (Å²) in [6.07, 6.45) is 3.31. The van der Waals surface area contributed by atoms with Crippen LogP contribution in [0.3, 0.4) is 0 Å². The molecule has 0 saturated carbocycles. The summed E-state index contributed by atoms with van der Waals surface area (Å²) < 4.78 is 0. The molecule has 0 fully saturated rings. The molecule has 0 heterocycles. The number of carbonyl (C=O) groups is 1. The van der Waals surface area contributed by atoms with Crippen molar-refractivity contribution >= 4 is 12.1 Å². The van der Waals surface area contributed by atoms with Crippen LogP contribution in [0.2, 0.25) is 0 Å². The number of carbonyl (C=O) groups excluding carboxylic acids is 2. The molecular weight excluding hydrogens is 140 g/mol. The summed E-state index contributed by atoms with van der Waals surface area (Å²) in [5.74, 6) is -0.962. The lowest BCUT2D eigenvalue weighted by Gasteiger charge is -2.04. The minimum atomic E-state index is -0.770. The van der Waals surface area contributed by atoms with Crippen LogP contribution < -0.4 is 0 Å². The van der Waals surface area contributed by atoms with Crippen molar-refractivity contribution in [2.45, 2.75) is 13.3 Å². The Morgan fingerprint density at radius 3 is 2.55 bits per heavy atom. The molecule has 0 spiro atoms. The summed E-state index contributed by atoms with van der Waals surface area (Å²) in [4.78, 5) is 21.2. The van der Waals surface area contributed by atoms with Gasteiger partial charge in [0.05, 0.1) is 0 Å². The van der Waals surface area contributed by atoms with Crippen LogP contribution in [-0.2, 0) is 9.59 Å². The van der Waals surface area contributed by atoms with Gasteiger partial charge in [-0.15, -0.1) is 6.58 Å². The topological polar surface area (TPSA) is 34.1 Å². The molecule has 0 aromatic carbocycles. The molecule has 0 aliphatic heterocycles. The quantitative estimate of drug-likeness (QED) is 0.440. The van der Waals surface area contributed by atoms with E-state index in [1.165, 1.54) is 6.08 Å². The maximum absolute atomic E-state index is 11.0. The lowest BCUT2D eigenvalue weighted by atomic mass is 9.97. The van der Waals surface area contributed by atoms with Gasteiger partial charge in [0.15, 0.2) is 5.78 Å². The van der Waals surface area contributed by atoms with E-state index in [9.17, 15) is 9.59 Å². The molecule has 0 rings (SSSR count). The predicted molar refractivity (Wildman–Crippen MR) is 43.8 cm³/mol. The van der Waals surface area contributed by atoms with Gasteiger partial charge >= 0.3 is 0 Å². The highest BCUT2D eigenvalue weighted by atomic mass is 16.1. The van der Waals surface area contributed by atoms with E-state index in [4.69, 9.17) is 0 Å². The van der Waals surface area contributed by atoms with Crippen LogP contribution in [-0.4, -0.2) is 12.1 Å². The van der Waals surface area contributed by atoms with Crippen molar-refractivity contribution in [1.82, 2.24) is 0 Å². The van der Waals surface area contributed by atoms with Crippen molar-refractivity contribution in [2.75, 3.05) is 0 Å². The summed E-state index contributed by atoms with van der Waals surface area (Å²) in [7, 11) is 0. The fraction of sp³-hybridized carbons (Fsp3) is 0.333.